The molecule has 2 rings (SSSR count). The average molecular weight is 313 g/mol. The third-order valence-corrected chi connectivity index (χ3v) is 3.16. The van der Waals surface area contributed by atoms with Gasteiger partial charge < -0.3 is 14.6 Å². The van der Waals surface area contributed by atoms with Gasteiger partial charge in [-0.2, -0.15) is 0 Å². The van der Waals surface area contributed by atoms with Crippen molar-refractivity contribution in [1.29, 1.82) is 0 Å². The number of benzene rings is 1. The molecule has 0 aliphatic carbocycles. The van der Waals surface area contributed by atoms with E-state index in [2.05, 4.69) is 11.6 Å². The lowest BCUT2D eigenvalue weighted by molar-refractivity contribution is -0.138. The molecule has 1 aliphatic rings. The number of rotatable bonds is 6. The normalized spacial score (nSPS) is 15.6. The minimum absolute atomic E-state index is 0.115. The van der Waals surface area contributed by atoms with Crippen LogP contribution in [0.2, 0.25) is 0 Å². The standard InChI is InChI=1S/C18H19NO4/c1-4-10-23-14-8-6-13(7-9-14)11-15-17(20)16(12(3)19-15)18(21)22-5-2/h4,6-9,11,20H,1,5,10H2,2-3H3/b15-11-. The molecule has 0 amide bonds. The molecule has 0 unspecified atom stereocenters. The van der Waals surface area contributed by atoms with E-state index in [-0.39, 0.29) is 17.9 Å². The first kappa shape index (κ1) is 16.5. The number of aliphatic hydroxyl groups is 1. The highest BCUT2D eigenvalue weighted by atomic mass is 16.5. The van der Waals surface area contributed by atoms with Gasteiger partial charge >= 0.3 is 5.97 Å². The molecule has 120 valence electrons. The summed E-state index contributed by atoms with van der Waals surface area (Å²) in [5, 5.41) is 10.2. The molecular formula is C18H19NO4. The fourth-order valence-electron chi connectivity index (χ4n) is 2.11. The molecule has 0 spiro atoms. The third-order valence-electron chi connectivity index (χ3n) is 3.16. The Labute approximate surface area is 135 Å². The zero-order valence-electron chi connectivity index (χ0n) is 13.2. The topological polar surface area (TPSA) is 68.1 Å². The zero-order chi connectivity index (χ0) is 16.8. The molecular weight excluding hydrogens is 294 g/mol. The molecule has 1 aliphatic heterocycles. The number of esters is 1. The van der Waals surface area contributed by atoms with Crippen molar-refractivity contribution in [1.82, 2.24) is 0 Å². The molecule has 0 saturated carbocycles. The molecule has 1 N–H and O–H groups in total. The summed E-state index contributed by atoms with van der Waals surface area (Å²) in [5.74, 6) is 0.000822. The van der Waals surface area contributed by atoms with Gasteiger partial charge in [0, 0.05) is 0 Å². The second kappa shape index (κ2) is 7.45. The predicted molar refractivity (Wildman–Crippen MR) is 89.5 cm³/mol. The van der Waals surface area contributed by atoms with Crippen molar-refractivity contribution < 1.29 is 19.4 Å². The average Bonchev–Trinajstić information content (AvgIpc) is 2.81. The Morgan fingerprint density at radius 2 is 2.04 bits per heavy atom. The van der Waals surface area contributed by atoms with Gasteiger partial charge in [-0.25, -0.2) is 9.79 Å². The maximum atomic E-state index is 11.8. The van der Waals surface area contributed by atoms with Crippen LogP contribution in [0.4, 0.5) is 0 Å². The van der Waals surface area contributed by atoms with Crippen molar-refractivity contribution in [3.63, 3.8) is 0 Å². The number of carbonyl (C=O) groups is 1. The summed E-state index contributed by atoms with van der Waals surface area (Å²) in [6.07, 6.45) is 3.37. The van der Waals surface area contributed by atoms with Gasteiger partial charge in [-0.1, -0.05) is 24.8 Å². The van der Waals surface area contributed by atoms with Crippen LogP contribution in [0, 0.1) is 0 Å². The fraction of sp³-hybridized carbons (Fsp3) is 0.222. The highest BCUT2D eigenvalue weighted by molar-refractivity contribution is 6.22. The first-order valence-corrected chi connectivity index (χ1v) is 7.28. The highest BCUT2D eigenvalue weighted by Crippen LogP contribution is 2.26. The van der Waals surface area contributed by atoms with Gasteiger partial charge in [0.2, 0.25) is 0 Å². The van der Waals surface area contributed by atoms with Gasteiger partial charge in [0.05, 0.1) is 12.3 Å². The van der Waals surface area contributed by atoms with E-state index < -0.39 is 5.97 Å². The van der Waals surface area contributed by atoms with Crippen LogP contribution in [0.15, 0.2) is 58.9 Å². The highest BCUT2D eigenvalue weighted by Gasteiger charge is 2.27. The Bertz CT molecular complexity index is 696. The molecule has 5 heteroatoms. The maximum absolute atomic E-state index is 11.8. The molecule has 5 nitrogen and oxygen atoms in total. The number of aliphatic imine (C=N–C) groups is 1. The molecule has 0 radical (unpaired) electrons. The zero-order valence-corrected chi connectivity index (χ0v) is 13.2. The van der Waals surface area contributed by atoms with E-state index >= 15 is 0 Å². The maximum Gasteiger partial charge on any atom is 0.343 e. The summed E-state index contributed by atoms with van der Waals surface area (Å²) in [6.45, 7) is 7.65. The quantitative estimate of drug-likeness (QED) is 0.645. The number of ether oxygens (including phenoxy) is 2. The largest absolute Gasteiger partial charge is 0.505 e. The minimum Gasteiger partial charge on any atom is -0.505 e. The Morgan fingerprint density at radius 1 is 1.35 bits per heavy atom. The Hall–Kier alpha value is -2.82. The minimum atomic E-state index is -0.567. The van der Waals surface area contributed by atoms with E-state index in [0.29, 0.717) is 18.0 Å². The lowest BCUT2D eigenvalue weighted by atomic mass is 10.1. The molecule has 1 heterocycles. The summed E-state index contributed by atoms with van der Waals surface area (Å²) in [5.41, 5.74) is 1.73. The van der Waals surface area contributed by atoms with Crippen LogP contribution >= 0.6 is 0 Å². The van der Waals surface area contributed by atoms with E-state index in [1.165, 1.54) is 0 Å². The Kier molecular flexibility index (Phi) is 5.36. The number of nitrogens with zero attached hydrogens (tertiary/aromatic N) is 1. The number of aliphatic hydroxyl groups excluding tert-OH is 1. The number of hydrogen-bond acceptors (Lipinski definition) is 5. The van der Waals surface area contributed by atoms with Gasteiger partial charge in [-0.3, -0.25) is 0 Å². The van der Waals surface area contributed by atoms with Crippen molar-refractivity contribution >= 4 is 17.8 Å². The monoisotopic (exact) mass is 313 g/mol. The Balaban J connectivity index is 2.23. The SMILES string of the molecule is C=CCOc1ccc(/C=C2\N=C(C)C(C(=O)OCC)=C2O)cc1. The van der Waals surface area contributed by atoms with E-state index in [9.17, 15) is 9.90 Å². The molecule has 23 heavy (non-hydrogen) atoms. The fourth-order valence-corrected chi connectivity index (χ4v) is 2.11. The van der Waals surface area contributed by atoms with Crippen molar-refractivity contribution in [2.75, 3.05) is 13.2 Å². The molecule has 0 fully saturated rings. The second-order valence-electron chi connectivity index (χ2n) is 4.84. The summed E-state index contributed by atoms with van der Waals surface area (Å²) < 4.78 is 10.3. The lowest BCUT2D eigenvalue weighted by Gasteiger charge is -2.04. The van der Waals surface area contributed by atoms with Crippen molar-refractivity contribution in [2.45, 2.75) is 13.8 Å². The van der Waals surface area contributed by atoms with Gasteiger partial charge in [-0.15, -0.1) is 0 Å². The van der Waals surface area contributed by atoms with Crippen LogP contribution < -0.4 is 4.74 Å². The summed E-state index contributed by atoms with van der Waals surface area (Å²) in [7, 11) is 0. The van der Waals surface area contributed by atoms with E-state index in [4.69, 9.17) is 9.47 Å². The first-order valence-electron chi connectivity index (χ1n) is 7.28. The van der Waals surface area contributed by atoms with Crippen molar-refractivity contribution in [2.24, 2.45) is 4.99 Å². The van der Waals surface area contributed by atoms with Crippen molar-refractivity contribution in [3.8, 4) is 5.75 Å². The van der Waals surface area contributed by atoms with Gasteiger partial charge in [-0.05, 0) is 37.6 Å². The van der Waals surface area contributed by atoms with Crippen LogP contribution in [0.1, 0.15) is 19.4 Å². The molecule has 1 aromatic rings. The van der Waals surface area contributed by atoms with Gasteiger partial charge in [0.15, 0.2) is 5.76 Å². The number of hydrogen-bond donors (Lipinski definition) is 1. The van der Waals surface area contributed by atoms with Crippen LogP contribution in [0.5, 0.6) is 5.75 Å². The molecule has 1 aromatic carbocycles. The first-order chi connectivity index (χ1) is 11.1. The van der Waals surface area contributed by atoms with E-state index in [0.717, 1.165) is 11.3 Å². The van der Waals surface area contributed by atoms with E-state index in [1.807, 2.05) is 24.3 Å². The summed E-state index contributed by atoms with van der Waals surface area (Å²) >= 11 is 0. The molecule has 0 bridgehead atoms. The third kappa shape index (κ3) is 3.88. The predicted octanol–water partition coefficient (Wildman–Crippen LogP) is 3.44. The number of carbonyl (C=O) groups excluding carboxylic acids is 1. The second-order valence-corrected chi connectivity index (χ2v) is 4.84. The summed E-state index contributed by atoms with van der Waals surface area (Å²) in [6, 6.07) is 7.31. The van der Waals surface area contributed by atoms with Crippen LogP contribution in [0.25, 0.3) is 6.08 Å². The Morgan fingerprint density at radius 3 is 2.65 bits per heavy atom. The molecule has 0 atom stereocenters. The molecule has 0 aromatic heterocycles. The van der Waals surface area contributed by atoms with Crippen LogP contribution in [0.3, 0.4) is 0 Å². The lowest BCUT2D eigenvalue weighted by Crippen LogP contribution is -2.13. The van der Waals surface area contributed by atoms with Crippen LogP contribution in [-0.2, 0) is 9.53 Å². The van der Waals surface area contributed by atoms with Crippen molar-refractivity contribution in [3.05, 3.63) is 59.5 Å². The molecule has 0 saturated heterocycles. The summed E-state index contributed by atoms with van der Waals surface area (Å²) in [4.78, 5) is 16.1. The van der Waals surface area contributed by atoms with Crippen LogP contribution in [-0.4, -0.2) is 30.0 Å². The van der Waals surface area contributed by atoms with Gasteiger partial charge in [0.1, 0.15) is 23.6 Å². The van der Waals surface area contributed by atoms with E-state index in [1.54, 1.807) is 26.0 Å². The van der Waals surface area contributed by atoms with Gasteiger partial charge in [0.25, 0.3) is 0 Å². The smallest absolute Gasteiger partial charge is 0.343 e.